The summed E-state index contributed by atoms with van der Waals surface area (Å²) in [7, 11) is -1.21. The van der Waals surface area contributed by atoms with Crippen molar-refractivity contribution in [1.82, 2.24) is 0 Å². The normalized spacial score (nSPS) is 14.5. The summed E-state index contributed by atoms with van der Waals surface area (Å²) in [5.41, 5.74) is 0. The standard InChI is InChI=1S/2C8H13Si.C2H7Si.2ClH.Zr/c2*1-9(2,3)8-6-4-5-7-8;1-3-2;;;/h2*6-7H,4H2,1-3H3;3H,1-2H3;2*1H;/q2*-1;;;;+4/p-2. The van der Waals surface area contributed by atoms with Gasteiger partial charge >= 0.3 is 26.2 Å². The molecule has 2 rings (SSSR count). The maximum absolute atomic E-state index is 3.20. The van der Waals surface area contributed by atoms with Crippen molar-refractivity contribution in [2.75, 3.05) is 0 Å². The molecule has 0 N–H and O–H groups in total. The van der Waals surface area contributed by atoms with Crippen molar-refractivity contribution in [2.24, 2.45) is 0 Å². The van der Waals surface area contributed by atoms with E-state index in [-0.39, 0.29) is 51.0 Å². The average Bonchev–Trinajstić information content (AvgIpc) is 3.03. The van der Waals surface area contributed by atoms with E-state index in [2.05, 4.69) is 88.8 Å². The van der Waals surface area contributed by atoms with Crippen LogP contribution in [0, 0.1) is 12.2 Å². The van der Waals surface area contributed by atoms with Crippen molar-refractivity contribution in [1.29, 1.82) is 0 Å². The molecule has 0 aromatic rings. The summed E-state index contributed by atoms with van der Waals surface area (Å²) in [6.07, 6.45) is 17.4. The minimum absolute atomic E-state index is 0. The van der Waals surface area contributed by atoms with Crippen LogP contribution in [-0.4, -0.2) is 25.7 Å². The molecule has 0 spiro atoms. The van der Waals surface area contributed by atoms with Gasteiger partial charge in [0.25, 0.3) is 0 Å². The van der Waals surface area contributed by atoms with Gasteiger partial charge in [-0.25, -0.2) is 22.5 Å². The number of rotatable bonds is 2. The van der Waals surface area contributed by atoms with E-state index in [9.17, 15) is 0 Å². The van der Waals surface area contributed by atoms with Crippen molar-refractivity contribution < 1.29 is 51.0 Å². The molecule has 0 aliphatic heterocycles. The molecule has 6 heteroatoms. The predicted octanol–water partition coefficient (Wildman–Crippen LogP) is -0.369. The maximum Gasteiger partial charge on any atom is 4.00 e. The van der Waals surface area contributed by atoms with Crippen LogP contribution in [0.25, 0.3) is 0 Å². The Morgan fingerprint density at radius 2 is 1.00 bits per heavy atom. The molecule has 0 unspecified atom stereocenters. The van der Waals surface area contributed by atoms with Gasteiger partial charge in [0, 0.05) is 9.52 Å². The molecule has 0 saturated heterocycles. The second-order valence-electron chi connectivity index (χ2n) is 7.50. The summed E-state index contributed by atoms with van der Waals surface area (Å²) < 4.78 is 0. The Bertz CT molecular complexity index is 389. The third kappa shape index (κ3) is 15.3. The minimum atomic E-state index is -0.981. The van der Waals surface area contributed by atoms with Gasteiger partial charge in [0.05, 0.1) is 0 Å². The molecule has 0 amide bonds. The summed E-state index contributed by atoms with van der Waals surface area (Å²) in [5.74, 6) is 0. The molecular weight excluding hydrogens is 463 g/mol. The smallest absolute Gasteiger partial charge is 1.00 e. The van der Waals surface area contributed by atoms with Crippen LogP contribution in [0.15, 0.2) is 34.7 Å². The largest absolute Gasteiger partial charge is 4.00 e. The van der Waals surface area contributed by atoms with E-state index in [1.165, 1.54) is 0 Å². The maximum atomic E-state index is 3.20. The minimum Gasteiger partial charge on any atom is -1.00 e. The summed E-state index contributed by atoms with van der Waals surface area (Å²) in [6.45, 7) is 18.6. The van der Waals surface area contributed by atoms with Gasteiger partial charge in [-0.2, -0.15) is 12.2 Å². The van der Waals surface area contributed by atoms with Crippen LogP contribution >= 0.6 is 0 Å². The zero-order chi connectivity index (χ0) is 16.5. The van der Waals surface area contributed by atoms with Crippen LogP contribution in [0.1, 0.15) is 12.8 Å². The second-order valence-corrected chi connectivity index (χ2v) is 18.8. The molecule has 1 radical (unpaired) electrons. The monoisotopic (exact) mass is 493 g/mol. The molecule has 0 heterocycles. The summed E-state index contributed by atoms with van der Waals surface area (Å²) >= 11 is 0. The van der Waals surface area contributed by atoms with Crippen molar-refractivity contribution in [3.05, 3.63) is 46.8 Å². The van der Waals surface area contributed by atoms with Gasteiger partial charge < -0.3 is 24.8 Å². The zero-order valence-corrected chi connectivity index (χ0v) is 23.7. The van der Waals surface area contributed by atoms with Crippen LogP contribution in [0.2, 0.25) is 52.4 Å². The van der Waals surface area contributed by atoms with E-state index in [1.54, 1.807) is 10.4 Å². The van der Waals surface area contributed by atoms with Crippen LogP contribution in [0.4, 0.5) is 0 Å². The molecule has 0 aromatic carbocycles. The van der Waals surface area contributed by atoms with Crippen LogP contribution in [0.3, 0.4) is 0 Å². The number of halogens is 2. The molecule has 24 heavy (non-hydrogen) atoms. The van der Waals surface area contributed by atoms with Gasteiger partial charge in [0.1, 0.15) is 0 Å². The molecule has 0 saturated carbocycles. The third-order valence-electron chi connectivity index (χ3n) is 3.13. The third-order valence-corrected chi connectivity index (χ3v) is 7.29. The van der Waals surface area contributed by atoms with E-state index >= 15 is 0 Å². The number of hydrogen-bond acceptors (Lipinski definition) is 0. The van der Waals surface area contributed by atoms with E-state index < -0.39 is 16.1 Å². The van der Waals surface area contributed by atoms with Gasteiger partial charge in [-0.05, 0) is 16.1 Å². The molecule has 2 aliphatic rings. The molecule has 0 atom stereocenters. The Hall–Kier alpha value is 1.07. The van der Waals surface area contributed by atoms with Crippen LogP contribution in [0.5, 0.6) is 0 Å². The Balaban J connectivity index is -0.000000130. The molecule has 0 fully saturated rings. The second kappa shape index (κ2) is 16.3. The van der Waals surface area contributed by atoms with Gasteiger partial charge in [-0.3, -0.25) is 12.2 Å². The fourth-order valence-corrected chi connectivity index (χ4v) is 4.34. The van der Waals surface area contributed by atoms with E-state index in [1.807, 2.05) is 0 Å². The first kappa shape index (κ1) is 32.7. The topological polar surface area (TPSA) is 0 Å². The first-order valence-electron chi connectivity index (χ1n) is 7.91. The summed E-state index contributed by atoms with van der Waals surface area (Å²) in [6, 6.07) is 0. The molecule has 135 valence electrons. The van der Waals surface area contributed by atoms with E-state index in [4.69, 9.17) is 0 Å². The van der Waals surface area contributed by atoms with Crippen molar-refractivity contribution in [2.45, 2.75) is 65.2 Å². The quantitative estimate of drug-likeness (QED) is 0.362. The Kier molecular flexibility index (Phi) is 22.2. The number of allylic oxidation sites excluding steroid dienone is 8. The van der Waals surface area contributed by atoms with Gasteiger partial charge in [-0.1, -0.05) is 52.4 Å². The summed E-state index contributed by atoms with van der Waals surface area (Å²) in [4.78, 5) is 0. The summed E-state index contributed by atoms with van der Waals surface area (Å²) in [5, 5.41) is 3.12. The SMILES string of the molecule is C[SiH]C.C[Si](C)(C)C1=CC[C-]=C1.C[Si](C)(C)C1=CC[C-]=C1.[Cl-].[Cl-].[Zr+4]. The van der Waals surface area contributed by atoms with Crippen LogP contribution < -0.4 is 24.8 Å². The van der Waals surface area contributed by atoms with E-state index in [0.717, 1.165) is 22.4 Å². The zero-order valence-electron chi connectivity index (χ0n) is 16.6. The molecule has 0 nitrogen and oxygen atoms in total. The first-order chi connectivity index (χ1) is 9.62. The fraction of sp³-hybridized carbons (Fsp3) is 0.556. The Labute approximate surface area is 187 Å². The molecular formula is C18H33Cl2Si3Zr. The predicted molar refractivity (Wildman–Crippen MR) is 107 cm³/mol. The first-order valence-corrected chi connectivity index (χ1v) is 17.2. The van der Waals surface area contributed by atoms with Gasteiger partial charge in [-0.15, -0.1) is 12.8 Å². The van der Waals surface area contributed by atoms with Crippen molar-refractivity contribution in [3.63, 3.8) is 0 Å². The average molecular weight is 496 g/mol. The van der Waals surface area contributed by atoms with Crippen molar-refractivity contribution >= 4 is 25.7 Å². The Morgan fingerprint density at radius 1 is 0.750 bits per heavy atom. The fourth-order valence-electron chi connectivity index (χ4n) is 1.84. The molecule has 0 bridgehead atoms. The Morgan fingerprint density at radius 3 is 1.08 bits per heavy atom. The number of hydrogen-bond donors (Lipinski definition) is 0. The molecule has 2 aliphatic carbocycles. The molecule has 0 aromatic heterocycles. The van der Waals surface area contributed by atoms with E-state index in [0.29, 0.717) is 0 Å². The van der Waals surface area contributed by atoms with Gasteiger partial charge in [0.15, 0.2) is 0 Å². The van der Waals surface area contributed by atoms with Crippen LogP contribution in [-0.2, 0) is 26.2 Å². The van der Waals surface area contributed by atoms with Crippen molar-refractivity contribution in [3.8, 4) is 0 Å². The van der Waals surface area contributed by atoms with Gasteiger partial charge in [0.2, 0.25) is 0 Å².